The highest BCUT2D eigenvalue weighted by atomic mass is 16.3. The van der Waals surface area contributed by atoms with Crippen molar-refractivity contribution in [1.29, 1.82) is 5.41 Å². The van der Waals surface area contributed by atoms with Gasteiger partial charge in [-0.15, -0.1) is 0 Å². The number of nitrogens with two attached hydrogens (primary N) is 1. The summed E-state index contributed by atoms with van der Waals surface area (Å²) in [6, 6.07) is 8.03. The molecular formula is C14H21N3O. The fraction of sp³-hybridized carbons (Fsp3) is 0.500. The third kappa shape index (κ3) is 3.09. The molecule has 0 amide bonds. The van der Waals surface area contributed by atoms with Gasteiger partial charge in [-0.25, -0.2) is 0 Å². The van der Waals surface area contributed by atoms with E-state index in [-0.39, 0.29) is 12.4 Å². The lowest BCUT2D eigenvalue weighted by Gasteiger charge is -2.31. The molecule has 1 aromatic rings. The van der Waals surface area contributed by atoms with E-state index in [2.05, 4.69) is 17.0 Å². The highest BCUT2D eigenvalue weighted by Crippen LogP contribution is 2.27. The number of hydrogen-bond acceptors (Lipinski definition) is 3. The normalized spacial score (nSPS) is 17.8. The van der Waals surface area contributed by atoms with Crippen molar-refractivity contribution in [3.8, 4) is 0 Å². The van der Waals surface area contributed by atoms with Gasteiger partial charge in [-0.1, -0.05) is 24.3 Å². The fourth-order valence-corrected chi connectivity index (χ4v) is 2.57. The largest absolute Gasteiger partial charge is 0.395 e. The minimum Gasteiger partial charge on any atom is -0.395 e. The Kier molecular flexibility index (Phi) is 4.33. The van der Waals surface area contributed by atoms with E-state index in [4.69, 9.17) is 16.2 Å². The maximum absolute atomic E-state index is 8.91. The van der Waals surface area contributed by atoms with E-state index in [9.17, 15) is 0 Å². The molecule has 2 rings (SSSR count). The molecule has 0 radical (unpaired) electrons. The molecule has 0 saturated carbocycles. The summed E-state index contributed by atoms with van der Waals surface area (Å²) in [5.41, 5.74) is 7.57. The number of piperidine rings is 1. The Morgan fingerprint density at radius 1 is 1.28 bits per heavy atom. The number of aliphatic hydroxyl groups is 1. The third-order valence-corrected chi connectivity index (χ3v) is 3.70. The van der Waals surface area contributed by atoms with Crippen LogP contribution < -0.4 is 5.73 Å². The second-order valence-electron chi connectivity index (χ2n) is 4.88. The molecule has 1 aliphatic rings. The molecule has 0 aliphatic carbocycles. The molecule has 0 bridgehead atoms. The van der Waals surface area contributed by atoms with Gasteiger partial charge in [0.1, 0.15) is 5.84 Å². The molecule has 1 fully saturated rings. The zero-order chi connectivity index (χ0) is 13.0. The lowest BCUT2D eigenvalue weighted by atomic mass is 9.89. The van der Waals surface area contributed by atoms with Crippen LogP contribution in [0.15, 0.2) is 24.3 Å². The molecule has 0 spiro atoms. The minimum atomic E-state index is 0.124. The van der Waals surface area contributed by atoms with Crippen LogP contribution in [0.4, 0.5) is 0 Å². The molecule has 0 atom stereocenters. The number of nitrogens with zero attached hydrogens (tertiary/aromatic N) is 1. The smallest absolute Gasteiger partial charge is 0.122 e. The van der Waals surface area contributed by atoms with Crippen molar-refractivity contribution in [3.05, 3.63) is 35.4 Å². The van der Waals surface area contributed by atoms with E-state index in [0.717, 1.165) is 38.0 Å². The van der Waals surface area contributed by atoms with E-state index in [1.807, 2.05) is 12.1 Å². The number of aliphatic hydroxyl groups excluding tert-OH is 1. The van der Waals surface area contributed by atoms with Crippen LogP contribution >= 0.6 is 0 Å². The van der Waals surface area contributed by atoms with Crippen molar-refractivity contribution >= 4 is 5.84 Å². The summed E-state index contributed by atoms with van der Waals surface area (Å²) in [5.74, 6) is 0.722. The van der Waals surface area contributed by atoms with Crippen molar-refractivity contribution in [2.75, 3.05) is 26.2 Å². The number of β-amino-alcohol motifs (C(OH)–C–C–N with tert-alkyl or cyclic N) is 1. The zero-order valence-corrected chi connectivity index (χ0v) is 10.6. The van der Waals surface area contributed by atoms with Gasteiger partial charge in [0.05, 0.1) is 6.61 Å². The maximum Gasteiger partial charge on any atom is 0.122 e. The standard InChI is InChI=1S/C14H21N3O/c15-14(16)13-3-1-11(2-4-13)12-5-7-17(8-6-12)9-10-18/h1-4,12,18H,5-10H2,(H3,15,16). The molecule has 0 unspecified atom stereocenters. The van der Waals surface area contributed by atoms with Crippen molar-refractivity contribution in [2.24, 2.45) is 5.73 Å². The first kappa shape index (κ1) is 13.1. The van der Waals surface area contributed by atoms with Crippen LogP contribution in [-0.2, 0) is 0 Å². The molecule has 4 nitrogen and oxygen atoms in total. The predicted molar refractivity (Wildman–Crippen MR) is 73.0 cm³/mol. The van der Waals surface area contributed by atoms with Gasteiger partial charge in [0.2, 0.25) is 0 Å². The number of amidine groups is 1. The van der Waals surface area contributed by atoms with Gasteiger partial charge in [0.25, 0.3) is 0 Å². The van der Waals surface area contributed by atoms with Crippen molar-refractivity contribution in [3.63, 3.8) is 0 Å². The van der Waals surface area contributed by atoms with Crippen LogP contribution in [-0.4, -0.2) is 42.1 Å². The molecule has 4 N–H and O–H groups in total. The summed E-state index contributed by atoms with van der Waals surface area (Å²) in [6.45, 7) is 3.15. The Labute approximate surface area is 108 Å². The van der Waals surface area contributed by atoms with Gasteiger partial charge in [-0.05, 0) is 37.4 Å². The molecule has 1 aliphatic heterocycles. The average molecular weight is 247 g/mol. The predicted octanol–water partition coefficient (Wildman–Crippen LogP) is 1.14. The highest BCUT2D eigenvalue weighted by Gasteiger charge is 2.19. The van der Waals surface area contributed by atoms with Gasteiger partial charge in [-0.3, -0.25) is 5.41 Å². The van der Waals surface area contributed by atoms with Gasteiger partial charge in [-0.2, -0.15) is 0 Å². The second-order valence-corrected chi connectivity index (χ2v) is 4.88. The first-order chi connectivity index (χ1) is 8.70. The van der Waals surface area contributed by atoms with Crippen LogP contribution in [0.25, 0.3) is 0 Å². The summed E-state index contributed by atoms with van der Waals surface area (Å²) >= 11 is 0. The summed E-state index contributed by atoms with van der Waals surface area (Å²) < 4.78 is 0. The first-order valence-electron chi connectivity index (χ1n) is 6.48. The number of nitrogen functional groups attached to an aromatic ring is 1. The second kappa shape index (κ2) is 5.98. The molecule has 1 heterocycles. The molecule has 1 saturated heterocycles. The lowest BCUT2D eigenvalue weighted by molar-refractivity contribution is 0.164. The minimum absolute atomic E-state index is 0.124. The van der Waals surface area contributed by atoms with Crippen molar-refractivity contribution in [1.82, 2.24) is 4.90 Å². The lowest BCUT2D eigenvalue weighted by Crippen LogP contribution is -2.34. The fourth-order valence-electron chi connectivity index (χ4n) is 2.57. The molecular weight excluding hydrogens is 226 g/mol. The van der Waals surface area contributed by atoms with Crippen molar-refractivity contribution in [2.45, 2.75) is 18.8 Å². The Morgan fingerprint density at radius 3 is 2.39 bits per heavy atom. The van der Waals surface area contributed by atoms with E-state index in [1.54, 1.807) is 0 Å². The first-order valence-corrected chi connectivity index (χ1v) is 6.48. The van der Waals surface area contributed by atoms with E-state index in [0.29, 0.717) is 5.92 Å². The Bertz CT molecular complexity index is 394. The molecule has 18 heavy (non-hydrogen) atoms. The summed E-state index contributed by atoms with van der Waals surface area (Å²) in [5, 5.41) is 16.3. The van der Waals surface area contributed by atoms with E-state index >= 15 is 0 Å². The van der Waals surface area contributed by atoms with Gasteiger partial charge in [0.15, 0.2) is 0 Å². The van der Waals surface area contributed by atoms with Gasteiger partial charge >= 0.3 is 0 Å². The van der Waals surface area contributed by atoms with Gasteiger partial charge in [0, 0.05) is 12.1 Å². The van der Waals surface area contributed by atoms with Crippen molar-refractivity contribution < 1.29 is 5.11 Å². The summed E-state index contributed by atoms with van der Waals surface area (Å²) in [4.78, 5) is 2.31. The monoisotopic (exact) mass is 247 g/mol. The van der Waals surface area contributed by atoms with E-state index < -0.39 is 0 Å². The molecule has 0 aromatic heterocycles. The quantitative estimate of drug-likeness (QED) is 0.552. The van der Waals surface area contributed by atoms with Crippen LogP contribution in [0.5, 0.6) is 0 Å². The molecule has 1 aromatic carbocycles. The number of benzene rings is 1. The number of rotatable bonds is 4. The van der Waals surface area contributed by atoms with Crippen LogP contribution in [0, 0.1) is 5.41 Å². The summed E-state index contributed by atoms with van der Waals surface area (Å²) in [7, 11) is 0. The number of nitrogens with one attached hydrogen (secondary N) is 1. The Hall–Kier alpha value is -1.39. The number of hydrogen-bond donors (Lipinski definition) is 3. The highest BCUT2D eigenvalue weighted by molar-refractivity contribution is 5.94. The van der Waals surface area contributed by atoms with Crippen LogP contribution in [0.1, 0.15) is 29.9 Å². The maximum atomic E-state index is 8.91. The SMILES string of the molecule is N=C(N)c1ccc(C2CCN(CCO)CC2)cc1. The van der Waals surface area contributed by atoms with E-state index in [1.165, 1.54) is 5.56 Å². The van der Waals surface area contributed by atoms with Gasteiger partial charge < -0.3 is 15.7 Å². The summed E-state index contributed by atoms with van der Waals surface area (Å²) in [6.07, 6.45) is 2.28. The Balaban J connectivity index is 1.95. The topological polar surface area (TPSA) is 73.3 Å². The average Bonchev–Trinajstić information content (AvgIpc) is 2.40. The van der Waals surface area contributed by atoms with Crippen LogP contribution in [0.3, 0.4) is 0 Å². The molecule has 4 heteroatoms. The molecule has 98 valence electrons. The number of likely N-dealkylation sites (tertiary alicyclic amines) is 1. The Morgan fingerprint density at radius 2 is 1.89 bits per heavy atom. The zero-order valence-electron chi connectivity index (χ0n) is 10.6. The van der Waals surface area contributed by atoms with Crippen LogP contribution in [0.2, 0.25) is 0 Å². The third-order valence-electron chi connectivity index (χ3n) is 3.70.